The molecule has 3 rings (SSSR count). The van der Waals surface area contributed by atoms with Crippen LogP contribution >= 0.6 is 0 Å². The molecule has 1 atom stereocenters. The summed E-state index contributed by atoms with van der Waals surface area (Å²) >= 11 is 0. The Balaban J connectivity index is 1.64. The zero-order valence-corrected chi connectivity index (χ0v) is 16.0. The van der Waals surface area contributed by atoms with E-state index in [4.69, 9.17) is 4.74 Å². The standard InChI is InChI=1S/C20H31N3O2/c1-15(2)23-14-20(12-17(23)13-25-4)8-10-22(11-9-20)19(24)18-7-5-6-16(3)21-18/h5-7,15,17H,8-14H2,1-4H3/t17-/m0/s1. The van der Waals surface area contributed by atoms with E-state index >= 15 is 0 Å². The highest BCUT2D eigenvalue weighted by atomic mass is 16.5. The van der Waals surface area contributed by atoms with Crippen molar-refractivity contribution in [1.82, 2.24) is 14.8 Å². The van der Waals surface area contributed by atoms with Crippen LogP contribution in [0, 0.1) is 12.3 Å². The maximum atomic E-state index is 12.7. The highest BCUT2D eigenvalue weighted by Gasteiger charge is 2.46. The number of aryl methyl sites for hydroxylation is 1. The van der Waals surface area contributed by atoms with Crippen molar-refractivity contribution in [3.8, 4) is 0 Å². The summed E-state index contributed by atoms with van der Waals surface area (Å²) in [6, 6.07) is 6.70. The number of aromatic nitrogens is 1. The molecule has 0 radical (unpaired) electrons. The van der Waals surface area contributed by atoms with Crippen molar-refractivity contribution in [3.63, 3.8) is 0 Å². The third-order valence-corrected chi connectivity index (χ3v) is 5.90. The molecule has 2 aliphatic rings. The van der Waals surface area contributed by atoms with Crippen molar-refractivity contribution in [2.24, 2.45) is 5.41 Å². The smallest absolute Gasteiger partial charge is 0.272 e. The molecule has 0 bridgehead atoms. The topological polar surface area (TPSA) is 45.7 Å². The lowest BCUT2D eigenvalue weighted by Crippen LogP contribution is -2.45. The average Bonchev–Trinajstić information content (AvgIpc) is 2.94. The summed E-state index contributed by atoms with van der Waals surface area (Å²) in [5, 5.41) is 0. The first-order valence-electron chi connectivity index (χ1n) is 9.42. The first kappa shape index (κ1) is 18.3. The van der Waals surface area contributed by atoms with Crippen molar-refractivity contribution in [3.05, 3.63) is 29.6 Å². The number of piperidine rings is 1. The Bertz CT molecular complexity index is 609. The monoisotopic (exact) mass is 345 g/mol. The van der Waals surface area contributed by atoms with Gasteiger partial charge >= 0.3 is 0 Å². The molecule has 0 unspecified atom stereocenters. The van der Waals surface area contributed by atoms with Crippen molar-refractivity contribution in [2.75, 3.05) is 33.4 Å². The lowest BCUT2D eigenvalue weighted by molar-refractivity contribution is 0.0576. The number of likely N-dealkylation sites (tertiary alicyclic amines) is 2. The molecule has 0 saturated carbocycles. The van der Waals surface area contributed by atoms with Crippen LogP contribution in [0.5, 0.6) is 0 Å². The second kappa shape index (κ2) is 7.42. The maximum Gasteiger partial charge on any atom is 0.272 e. The van der Waals surface area contributed by atoms with Crippen molar-refractivity contribution in [1.29, 1.82) is 0 Å². The van der Waals surface area contributed by atoms with E-state index in [9.17, 15) is 4.79 Å². The van der Waals surface area contributed by atoms with Gasteiger partial charge in [-0.05, 0) is 57.6 Å². The zero-order valence-electron chi connectivity index (χ0n) is 16.0. The number of carbonyl (C=O) groups excluding carboxylic acids is 1. The lowest BCUT2D eigenvalue weighted by Gasteiger charge is -2.39. The van der Waals surface area contributed by atoms with E-state index in [2.05, 4.69) is 23.7 Å². The number of methoxy groups -OCH3 is 1. The molecule has 138 valence electrons. The van der Waals surface area contributed by atoms with Crippen molar-refractivity contribution in [2.45, 2.75) is 52.1 Å². The van der Waals surface area contributed by atoms with Gasteiger partial charge in [0.25, 0.3) is 5.91 Å². The molecule has 1 spiro atoms. The highest BCUT2D eigenvalue weighted by molar-refractivity contribution is 5.92. The molecular weight excluding hydrogens is 314 g/mol. The third-order valence-electron chi connectivity index (χ3n) is 5.90. The van der Waals surface area contributed by atoms with Gasteiger partial charge in [-0.3, -0.25) is 9.69 Å². The predicted octanol–water partition coefficient (Wildman–Crippen LogP) is 2.74. The fourth-order valence-corrected chi connectivity index (χ4v) is 4.52. The summed E-state index contributed by atoms with van der Waals surface area (Å²) in [5.74, 6) is 0.0747. The van der Waals surface area contributed by atoms with E-state index in [0.29, 0.717) is 23.2 Å². The van der Waals surface area contributed by atoms with Gasteiger partial charge in [0.1, 0.15) is 5.69 Å². The number of hydrogen-bond acceptors (Lipinski definition) is 4. The second-order valence-electron chi connectivity index (χ2n) is 8.04. The molecular formula is C20H31N3O2. The van der Waals surface area contributed by atoms with Gasteiger partial charge in [0.05, 0.1) is 6.61 Å². The largest absolute Gasteiger partial charge is 0.383 e. The van der Waals surface area contributed by atoms with Gasteiger partial charge in [0, 0.05) is 44.5 Å². The van der Waals surface area contributed by atoms with Gasteiger partial charge in [-0.1, -0.05) is 6.07 Å². The number of pyridine rings is 1. The molecule has 1 aromatic rings. The molecule has 0 aromatic carbocycles. The Morgan fingerprint density at radius 2 is 2.08 bits per heavy atom. The molecule has 2 aliphatic heterocycles. The normalized spacial score (nSPS) is 23.6. The fourth-order valence-electron chi connectivity index (χ4n) is 4.52. The SMILES string of the molecule is COC[C@@H]1CC2(CCN(C(=O)c3cccc(C)n3)CC2)CN1C(C)C. The summed E-state index contributed by atoms with van der Waals surface area (Å²) in [6.07, 6.45) is 3.34. The molecule has 0 N–H and O–H groups in total. The van der Waals surface area contributed by atoms with E-state index in [-0.39, 0.29) is 5.91 Å². The van der Waals surface area contributed by atoms with Crippen LogP contribution < -0.4 is 0 Å². The van der Waals surface area contributed by atoms with Crippen LogP contribution in [0.1, 0.15) is 49.3 Å². The molecule has 5 heteroatoms. The molecule has 1 amide bonds. The number of ether oxygens (including phenoxy) is 1. The quantitative estimate of drug-likeness (QED) is 0.842. The molecule has 25 heavy (non-hydrogen) atoms. The van der Waals surface area contributed by atoms with Crippen LogP contribution in [-0.2, 0) is 4.74 Å². The van der Waals surface area contributed by atoms with Crippen LogP contribution in [0.3, 0.4) is 0 Å². The van der Waals surface area contributed by atoms with Crippen LogP contribution in [0.15, 0.2) is 18.2 Å². The number of nitrogens with zero attached hydrogens (tertiary/aromatic N) is 3. The summed E-state index contributed by atoms with van der Waals surface area (Å²) in [5.41, 5.74) is 1.80. The van der Waals surface area contributed by atoms with Gasteiger partial charge in [0.2, 0.25) is 0 Å². The number of carbonyl (C=O) groups is 1. The van der Waals surface area contributed by atoms with Gasteiger partial charge in [-0.2, -0.15) is 0 Å². The molecule has 2 fully saturated rings. The fraction of sp³-hybridized carbons (Fsp3) is 0.700. The molecule has 0 aliphatic carbocycles. The zero-order chi connectivity index (χ0) is 18.0. The third kappa shape index (κ3) is 3.87. The van der Waals surface area contributed by atoms with Gasteiger partial charge in [-0.25, -0.2) is 4.98 Å². The summed E-state index contributed by atoms with van der Waals surface area (Å²) < 4.78 is 5.45. The van der Waals surface area contributed by atoms with Crippen LogP contribution in [0.2, 0.25) is 0 Å². The van der Waals surface area contributed by atoms with E-state index in [0.717, 1.165) is 44.8 Å². The Kier molecular flexibility index (Phi) is 5.44. The van der Waals surface area contributed by atoms with E-state index < -0.39 is 0 Å². The molecule has 5 nitrogen and oxygen atoms in total. The number of hydrogen-bond donors (Lipinski definition) is 0. The number of rotatable bonds is 4. The Morgan fingerprint density at radius 3 is 2.68 bits per heavy atom. The van der Waals surface area contributed by atoms with E-state index in [1.165, 1.54) is 6.42 Å². The highest BCUT2D eigenvalue weighted by Crippen LogP contribution is 2.44. The van der Waals surface area contributed by atoms with Crippen molar-refractivity contribution < 1.29 is 9.53 Å². The minimum Gasteiger partial charge on any atom is -0.383 e. The Morgan fingerprint density at radius 1 is 1.36 bits per heavy atom. The lowest BCUT2D eigenvalue weighted by atomic mass is 9.76. The summed E-state index contributed by atoms with van der Waals surface area (Å²) in [7, 11) is 1.79. The summed E-state index contributed by atoms with van der Waals surface area (Å²) in [6.45, 7) is 10.1. The molecule has 1 aromatic heterocycles. The van der Waals surface area contributed by atoms with Crippen LogP contribution in [0.4, 0.5) is 0 Å². The molecule has 3 heterocycles. The maximum absolute atomic E-state index is 12.7. The van der Waals surface area contributed by atoms with E-state index in [1.54, 1.807) is 7.11 Å². The van der Waals surface area contributed by atoms with Crippen LogP contribution in [-0.4, -0.2) is 66.1 Å². The predicted molar refractivity (Wildman–Crippen MR) is 98.7 cm³/mol. The molecule has 2 saturated heterocycles. The Hall–Kier alpha value is -1.46. The number of amides is 1. The average molecular weight is 345 g/mol. The van der Waals surface area contributed by atoms with Gasteiger partial charge in [0.15, 0.2) is 0 Å². The van der Waals surface area contributed by atoms with Gasteiger partial charge < -0.3 is 9.64 Å². The van der Waals surface area contributed by atoms with E-state index in [1.807, 2.05) is 30.0 Å². The Labute approximate surface area is 151 Å². The van der Waals surface area contributed by atoms with Crippen LogP contribution in [0.25, 0.3) is 0 Å². The first-order chi connectivity index (χ1) is 11.9. The van der Waals surface area contributed by atoms with Crippen molar-refractivity contribution >= 4 is 5.91 Å². The summed E-state index contributed by atoms with van der Waals surface area (Å²) in [4.78, 5) is 21.7. The van der Waals surface area contributed by atoms with Gasteiger partial charge in [-0.15, -0.1) is 0 Å². The second-order valence-corrected chi connectivity index (χ2v) is 8.04. The first-order valence-corrected chi connectivity index (χ1v) is 9.42. The minimum absolute atomic E-state index is 0.0747. The minimum atomic E-state index is 0.0747.